The van der Waals surface area contributed by atoms with E-state index >= 15 is 0 Å². The summed E-state index contributed by atoms with van der Waals surface area (Å²) in [6.07, 6.45) is -3.56. The summed E-state index contributed by atoms with van der Waals surface area (Å²) in [7, 11) is 0. The highest BCUT2D eigenvalue weighted by Gasteiger charge is 2.30. The van der Waals surface area contributed by atoms with Crippen LogP contribution in [-0.2, 0) is 15.8 Å². The molecule has 0 heterocycles. The van der Waals surface area contributed by atoms with Gasteiger partial charge in [0, 0.05) is 6.92 Å². The zero-order valence-corrected chi connectivity index (χ0v) is 9.78. The Hall–Kier alpha value is -2.31. The molecular weight excluding hydrogens is 263 g/mol. The molecule has 0 radical (unpaired) electrons. The van der Waals surface area contributed by atoms with Crippen molar-refractivity contribution < 1.29 is 27.9 Å². The molecule has 0 aliphatic heterocycles. The van der Waals surface area contributed by atoms with Gasteiger partial charge in [-0.1, -0.05) is 12.1 Å². The zero-order chi connectivity index (χ0) is 14.6. The Morgan fingerprint density at radius 1 is 1.32 bits per heavy atom. The molecule has 0 saturated carbocycles. The van der Waals surface area contributed by atoms with Gasteiger partial charge in [0.2, 0.25) is 5.91 Å². The van der Waals surface area contributed by atoms with Gasteiger partial charge in [-0.05, 0) is 23.8 Å². The predicted molar refractivity (Wildman–Crippen MR) is 60.9 cm³/mol. The number of rotatable bonds is 3. The Morgan fingerprint density at radius 2 is 1.95 bits per heavy atom. The summed E-state index contributed by atoms with van der Waals surface area (Å²) in [6, 6.07) is 4.13. The highest BCUT2D eigenvalue weighted by atomic mass is 19.4. The molecule has 7 heteroatoms. The number of carbonyl (C=O) groups excluding carboxylic acids is 1. The van der Waals surface area contributed by atoms with Gasteiger partial charge in [-0.25, -0.2) is 4.79 Å². The van der Waals surface area contributed by atoms with Gasteiger partial charge in [0.15, 0.2) is 0 Å². The van der Waals surface area contributed by atoms with Crippen molar-refractivity contribution in [1.82, 2.24) is 5.32 Å². The standard InChI is InChI=1S/C12H10F3NO3/c1-7(17)16-10(11(18)19)6-8-3-2-4-9(5-8)12(13,14)15/h2-6H,1H3,(H,16,17)(H,18,19)/b10-6+. The van der Waals surface area contributed by atoms with Crippen LogP contribution in [0.25, 0.3) is 6.08 Å². The summed E-state index contributed by atoms with van der Waals surface area (Å²) in [5.41, 5.74) is -1.36. The zero-order valence-electron chi connectivity index (χ0n) is 9.78. The first-order valence-electron chi connectivity index (χ1n) is 5.10. The summed E-state index contributed by atoms with van der Waals surface area (Å²) < 4.78 is 37.4. The average molecular weight is 273 g/mol. The second-order valence-corrected chi connectivity index (χ2v) is 3.67. The van der Waals surface area contributed by atoms with E-state index in [1.165, 1.54) is 6.07 Å². The van der Waals surface area contributed by atoms with Crippen LogP contribution in [0, 0.1) is 0 Å². The van der Waals surface area contributed by atoms with Gasteiger partial charge in [-0.15, -0.1) is 0 Å². The summed E-state index contributed by atoms with van der Waals surface area (Å²) >= 11 is 0. The minimum absolute atomic E-state index is 0.0287. The van der Waals surface area contributed by atoms with Gasteiger partial charge in [0.05, 0.1) is 5.56 Å². The van der Waals surface area contributed by atoms with Crippen LogP contribution in [-0.4, -0.2) is 17.0 Å². The Morgan fingerprint density at radius 3 is 2.42 bits per heavy atom. The van der Waals surface area contributed by atoms with Crippen LogP contribution in [0.15, 0.2) is 30.0 Å². The second-order valence-electron chi connectivity index (χ2n) is 3.67. The van der Waals surface area contributed by atoms with E-state index in [2.05, 4.69) is 0 Å². The molecule has 1 amide bonds. The molecule has 4 nitrogen and oxygen atoms in total. The van der Waals surface area contributed by atoms with E-state index in [0.29, 0.717) is 0 Å². The van der Waals surface area contributed by atoms with Gasteiger partial charge >= 0.3 is 12.1 Å². The first-order chi connectivity index (χ1) is 8.70. The molecule has 19 heavy (non-hydrogen) atoms. The fourth-order valence-corrected chi connectivity index (χ4v) is 1.31. The maximum Gasteiger partial charge on any atom is 0.416 e. The molecule has 0 spiro atoms. The van der Waals surface area contributed by atoms with Crippen molar-refractivity contribution in [1.29, 1.82) is 0 Å². The molecule has 0 saturated heterocycles. The number of carbonyl (C=O) groups is 2. The lowest BCUT2D eigenvalue weighted by atomic mass is 10.1. The first-order valence-corrected chi connectivity index (χ1v) is 5.10. The van der Waals surface area contributed by atoms with Crippen molar-refractivity contribution in [3.63, 3.8) is 0 Å². The summed E-state index contributed by atoms with van der Waals surface area (Å²) in [5.74, 6) is -2.06. The molecule has 1 aromatic rings. The van der Waals surface area contributed by atoms with Crippen molar-refractivity contribution in [3.8, 4) is 0 Å². The number of carboxylic acids is 1. The fourth-order valence-electron chi connectivity index (χ4n) is 1.31. The third-order valence-electron chi connectivity index (χ3n) is 2.07. The summed E-state index contributed by atoms with van der Waals surface area (Å²) in [4.78, 5) is 21.6. The van der Waals surface area contributed by atoms with Gasteiger partial charge in [-0.2, -0.15) is 13.2 Å². The minimum atomic E-state index is -4.51. The SMILES string of the molecule is CC(=O)N/C(=C/c1cccc(C(F)(F)F)c1)C(=O)O. The third kappa shape index (κ3) is 4.46. The normalized spacial score (nSPS) is 12.1. The lowest BCUT2D eigenvalue weighted by molar-refractivity contribution is -0.137. The van der Waals surface area contributed by atoms with E-state index in [0.717, 1.165) is 31.2 Å². The number of carboxylic acid groups (broad SMARTS) is 1. The van der Waals surface area contributed by atoms with Crippen LogP contribution in [0.1, 0.15) is 18.1 Å². The maximum atomic E-state index is 12.5. The highest BCUT2D eigenvalue weighted by Crippen LogP contribution is 2.29. The molecule has 0 atom stereocenters. The van der Waals surface area contributed by atoms with Crippen molar-refractivity contribution in [2.45, 2.75) is 13.1 Å². The fraction of sp³-hybridized carbons (Fsp3) is 0.167. The van der Waals surface area contributed by atoms with Crippen LogP contribution in [0.5, 0.6) is 0 Å². The highest BCUT2D eigenvalue weighted by molar-refractivity contribution is 5.96. The smallest absolute Gasteiger partial charge is 0.416 e. The number of benzene rings is 1. The molecular formula is C12H10F3NO3. The average Bonchev–Trinajstić information content (AvgIpc) is 2.26. The summed E-state index contributed by atoms with van der Waals surface area (Å²) in [6.45, 7) is 1.10. The number of hydrogen-bond donors (Lipinski definition) is 2. The third-order valence-corrected chi connectivity index (χ3v) is 2.07. The molecule has 0 aliphatic rings. The molecule has 0 aromatic heterocycles. The molecule has 1 aromatic carbocycles. The maximum absolute atomic E-state index is 12.5. The minimum Gasteiger partial charge on any atom is -0.477 e. The first kappa shape index (κ1) is 14.7. The predicted octanol–water partition coefficient (Wildman–Crippen LogP) is 2.27. The number of alkyl halides is 3. The number of nitrogens with one attached hydrogen (secondary N) is 1. The van der Waals surface area contributed by atoms with Crippen LogP contribution in [0.3, 0.4) is 0 Å². The van der Waals surface area contributed by atoms with Gasteiger partial charge < -0.3 is 10.4 Å². The van der Waals surface area contributed by atoms with Gasteiger partial charge in [-0.3, -0.25) is 4.79 Å². The van der Waals surface area contributed by atoms with Gasteiger partial charge in [0.1, 0.15) is 5.70 Å². The number of amides is 1. The Balaban J connectivity index is 3.15. The summed E-state index contributed by atoms with van der Waals surface area (Å²) in [5, 5.41) is 10.8. The molecule has 102 valence electrons. The van der Waals surface area contributed by atoms with Crippen LogP contribution < -0.4 is 5.32 Å². The Labute approximate surface area is 106 Å². The van der Waals surface area contributed by atoms with E-state index in [-0.39, 0.29) is 5.56 Å². The number of halogens is 3. The van der Waals surface area contributed by atoms with Crippen molar-refractivity contribution >= 4 is 18.0 Å². The van der Waals surface area contributed by atoms with E-state index in [1.54, 1.807) is 0 Å². The molecule has 0 unspecified atom stereocenters. The van der Waals surface area contributed by atoms with Crippen molar-refractivity contribution in [3.05, 3.63) is 41.1 Å². The van der Waals surface area contributed by atoms with E-state index in [1.807, 2.05) is 5.32 Å². The van der Waals surface area contributed by atoms with Crippen molar-refractivity contribution in [2.75, 3.05) is 0 Å². The van der Waals surface area contributed by atoms with Crippen LogP contribution in [0.2, 0.25) is 0 Å². The van der Waals surface area contributed by atoms with Crippen LogP contribution in [0.4, 0.5) is 13.2 Å². The van der Waals surface area contributed by atoms with Crippen LogP contribution >= 0.6 is 0 Å². The lowest BCUT2D eigenvalue weighted by Crippen LogP contribution is -2.24. The number of hydrogen-bond acceptors (Lipinski definition) is 2. The second kappa shape index (κ2) is 5.55. The Kier molecular flexibility index (Phi) is 4.31. The van der Waals surface area contributed by atoms with E-state index < -0.39 is 29.3 Å². The molecule has 1 rings (SSSR count). The van der Waals surface area contributed by atoms with Crippen molar-refractivity contribution in [2.24, 2.45) is 0 Å². The van der Waals surface area contributed by atoms with E-state index in [9.17, 15) is 22.8 Å². The van der Waals surface area contributed by atoms with Gasteiger partial charge in [0.25, 0.3) is 0 Å². The largest absolute Gasteiger partial charge is 0.477 e. The lowest BCUT2D eigenvalue weighted by Gasteiger charge is -2.07. The van der Waals surface area contributed by atoms with E-state index in [4.69, 9.17) is 5.11 Å². The topological polar surface area (TPSA) is 66.4 Å². The monoisotopic (exact) mass is 273 g/mol. The molecule has 0 aliphatic carbocycles. The number of aliphatic carboxylic acids is 1. The molecule has 2 N–H and O–H groups in total. The molecule has 0 bridgehead atoms. The Bertz CT molecular complexity index is 535. The molecule has 0 fully saturated rings. The quantitative estimate of drug-likeness (QED) is 0.830.